The van der Waals surface area contributed by atoms with E-state index in [2.05, 4.69) is 31.1 Å². The first-order valence-corrected chi connectivity index (χ1v) is 5.18. The Hall–Kier alpha value is -0.870. The van der Waals surface area contributed by atoms with Crippen LogP contribution in [0.3, 0.4) is 0 Å². The van der Waals surface area contributed by atoms with E-state index in [0.29, 0.717) is 6.61 Å². The number of hydrogen-bond acceptors (Lipinski definition) is 4. The topological polar surface area (TPSA) is 47.3 Å². The molecule has 0 saturated carbocycles. The van der Waals surface area contributed by atoms with Crippen molar-refractivity contribution in [2.45, 2.75) is 39.3 Å². The van der Waals surface area contributed by atoms with Crippen molar-refractivity contribution in [1.29, 1.82) is 0 Å². The van der Waals surface area contributed by atoms with Crippen molar-refractivity contribution in [2.24, 2.45) is 0 Å². The summed E-state index contributed by atoms with van der Waals surface area (Å²) < 4.78 is 10.3. The van der Waals surface area contributed by atoms with Gasteiger partial charge in [0.15, 0.2) is 6.39 Å². The summed E-state index contributed by atoms with van der Waals surface area (Å²) in [5.74, 6) is 0.911. The number of ether oxygens (including phenoxy) is 1. The number of methoxy groups -OCH3 is 1. The van der Waals surface area contributed by atoms with E-state index in [1.165, 1.54) is 6.39 Å². The van der Waals surface area contributed by atoms with Crippen LogP contribution < -0.4 is 5.32 Å². The number of nitrogens with zero attached hydrogens (tertiary/aromatic N) is 1. The Labute approximate surface area is 91.0 Å². The Morgan fingerprint density at radius 1 is 1.47 bits per heavy atom. The average Bonchev–Trinajstić information content (AvgIpc) is 2.57. The fraction of sp³-hybridized carbons (Fsp3) is 0.727. The summed E-state index contributed by atoms with van der Waals surface area (Å²) in [6.07, 6.45) is 2.27. The van der Waals surface area contributed by atoms with Crippen LogP contribution in [0.5, 0.6) is 0 Å². The number of rotatable bonds is 5. The number of hydrogen-bond donors (Lipinski definition) is 1. The molecule has 1 N–H and O–H groups in total. The molecule has 1 aromatic heterocycles. The second-order valence-corrected chi connectivity index (χ2v) is 4.57. The minimum atomic E-state index is 0.0947. The van der Waals surface area contributed by atoms with E-state index in [1.807, 2.05) is 0 Å². The van der Waals surface area contributed by atoms with Crippen molar-refractivity contribution in [3.63, 3.8) is 0 Å². The zero-order chi connectivity index (χ0) is 11.3. The zero-order valence-electron chi connectivity index (χ0n) is 9.96. The highest BCUT2D eigenvalue weighted by Crippen LogP contribution is 2.09. The molecule has 0 saturated heterocycles. The summed E-state index contributed by atoms with van der Waals surface area (Å²) in [6, 6.07) is 0. The third-order valence-electron chi connectivity index (χ3n) is 2.04. The molecule has 86 valence electrons. The lowest BCUT2D eigenvalue weighted by molar-refractivity contribution is 0.196. The van der Waals surface area contributed by atoms with Gasteiger partial charge < -0.3 is 14.5 Å². The highest BCUT2D eigenvalue weighted by atomic mass is 16.5. The fourth-order valence-corrected chi connectivity index (χ4v) is 1.18. The van der Waals surface area contributed by atoms with E-state index >= 15 is 0 Å². The summed E-state index contributed by atoms with van der Waals surface area (Å²) >= 11 is 0. The molecule has 0 atom stereocenters. The van der Waals surface area contributed by atoms with Gasteiger partial charge in [-0.3, -0.25) is 0 Å². The van der Waals surface area contributed by atoms with Crippen molar-refractivity contribution in [2.75, 3.05) is 13.7 Å². The molecular weight excluding hydrogens is 192 g/mol. The largest absolute Gasteiger partial charge is 0.448 e. The van der Waals surface area contributed by atoms with Gasteiger partial charge in [0.25, 0.3) is 0 Å². The summed E-state index contributed by atoms with van der Waals surface area (Å²) in [5, 5.41) is 3.38. The van der Waals surface area contributed by atoms with Gasteiger partial charge in [0.2, 0.25) is 0 Å². The standard InChI is InChI=1S/C11H20N2O2/c1-11(2,3)13-7-9-10(5-6-14-4)15-8-12-9/h8,13H,5-7H2,1-4H3. The van der Waals surface area contributed by atoms with Gasteiger partial charge in [0.1, 0.15) is 5.76 Å². The predicted molar refractivity (Wildman–Crippen MR) is 58.7 cm³/mol. The molecule has 1 rings (SSSR count). The maximum absolute atomic E-state index is 5.30. The summed E-state index contributed by atoms with van der Waals surface area (Å²) in [4.78, 5) is 4.19. The van der Waals surface area contributed by atoms with Crippen LogP contribution in [0.25, 0.3) is 0 Å². The molecule has 0 bridgehead atoms. The summed E-state index contributed by atoms with van der Waals surface area (Å²) in [7, 11) is 1.68. The van der Waals surface area contributed by atoms with E-state index in [-0.39, 0.29) is 5.54 Å². The Balaban J connectivity index is 2.50. The molecule has 0 fully saturated rings. The zero-order valence-corrected chi connectivity index (χ0v) is 9.96. The van der Waals surface area contributed by atoms with Gasteiger partial charge in [-0.15, -0.1) is 0 Å². The van der Waals surface area contributed by atoms with Crippen molar-refractivity contribution in [1.82, 2.24) is 10.3 Å². The van der Waals surface area contributed by atoms with Crippen LogP contribution in [0, 0.1) is 0 Å². The Morgan fingerprint density at radius 2 is 2.20 bits per heavy atom. The number of nitrogens with one attached hydrogen (secondary N) is 1. The maximum atomic E-state index is 5.30. The molecule has 0 spiro atoms. The van der Waals surface area contributed by atoms with E-state index in [9.17, 15) is 0 Å². The molecule has 0 unspecified atom stereocenters. The molecule has 0 aliphatic heterocycles. The van der Waals surface area contributed by atoms with E-state index in [0.717, 1.165) is 24.4 Å². The second-order valence-electron chi connectivity index (χ2n) is 4.57. The van der Waals surface area contributed by atoms with E-state index in [1.54, 1.807) is 7.11 Å². The lowest BCUT2D eigenvalue weighted by Gasteiger charge is -2.19. The van der Waals surface area contributed by atoms with Crippen molar-refractivity contribution in [3.05, 3.63) is 17.8 Å². The molecule has 15 heavy (non-hydrogen) atoms. The smallest absolute Gasteiger partial charge is 0.181 e. The lowest BCUT2D eigenvalue weighted by Crippen LogP contribution is -2.35. The van der Waals surface area contributed by atoms with Crippen LogP contribution in [-0.4, -0.2) is 24.2 Å². The normalized spacial score (nSPS) is 12.0. The quantitative estimate of drug-likeness (QED) is 0.807. The van der Waals surface area contributed by atoms with Crippen LogP contribution in [0.1, 0.15) is 32.2 Å². The molecule has 0 aliphatic carbocycles. The molecule has 0 aromatic carbocycles. The van der Waals surface area contributed by atoms with Gasteiger partial charge in [-0.05, 0) is 20.8 Å². The van der Waals surface area contributed by atoms with Crippen LogP contribution in [0.2, 0.25) is 0 Å². The van der Waals surface area contributed by atoms with Crippen molar-refractivity contribution < 1.29 is 9.15 Å². The molecule has 0 radical (unpaired) electrons. The Bertz CT molecular complexity index is 289. The van der Waals surface area contributed by atoms with Gasteiger partial charge in [-0.25, -0.2) is 4.98 Å². The third-order valence-corrected chi connectivity index (χ3v) is 2.04. The van der Waals surface area contributed by atoms with E-state index in [4.69, 9.17) is 9.15 Å². The highest BCUT2D eigenvalue weighted by molar-refractivity contribution is 5.07. The van der Waals surface area contributed by atoms with Crippen LogP contribution in [0.4, 0.5) is 0 Å². The van der Waals surface area contributed by atoms with Gasteiger partial charge in [-0.2, -0.15) is 0 Å². The predicted octanol–water partition coefficient (Wildman–Crippen LogP) is 1.75. The monoisotopic (exact) mass is 212 g/mol. The SMILES string of the molecule is COCCc1ocnc1CNC(C)(C)C. The number of aromatic nitrogens is 1. The van der Waals surface area contributed by atoms with Gasteiger partial charge in [0, 0.05) is 25.6 Å². The van der Waals surface area contributed by atoms with Crippen LogP contribution in [0.15, 0.2) is 10.8 Å². The van der Waals surface area contributed by atoms with Gasteiger partial charge in [0.05, 0.1) is 12.3 Å². The molecule has 0 aliphatic rings. The molecular formula is C11H20N2O2. The van der Waals surface area contributed by atoms with Gasteiger partial charge in [-0.1, -0.05) is 0 Å². The molecule has 1 heterocycles. The highest BCUT2D eigenvalue weighted by Gasteiger charge is 2.12. The van der Waals surface area contributed by atoms with Gasteiger partial charge >= 0.3 is 0 Å². The Morgan fingerprint density at radius 3 is 2.80 bits per heavy atom. The van der Waals surface area contributed by atoms with E-state index < -0.39 is 0 Å². The first kappa shape index (κ1) is 12.2. The summed E-state index contributed by atoms with van der Waals surface area (Å²) in [5.41, 5.74) is 1.07. The summed E-state index contributed by atoms with van der Waals surface area (Å²) in [6.45, 7) is 7.78. The van der Waals surface area contributed by atoms with Crippen molar-refractivity contribution >= 4 is 0 Å². The number of oxazole rings is 1. The first-order valence-electron chi connectivity index (χ1n) is 5.18. The molecule has 1 aromatic rings. The molecule has 4 heteroatoms. The third kappa shape index (κ3) is 4.44. The van der Waals surface area contributed by atoms with Crippen LogP contribution >= 0.6 is 0 Å². The minimum Gasteiger partial charge on any atom is -0.448 e. The fourth-order valence-electron chi connectivity index (χ4n) is 1.18. The molecule has 4 nitrogen and oxygen atoms in total. The lowest BCUT2D eigenvalue weighted by atomic mass is 10.1. The van der Waals surface area contributed by atoms with Crippen molar-refractivity contribution in [3.8, 4) is 0 Å². The Kier molecular flexibility index (Phi) is 4.29. The second kappa shape index (κ2) is 5.28. The maximum Gasteiger partial charge on any atom is 0.181 e. The molecule has 0 amide bonds. The minimum absolute atomic E-state index is 0.0947. The van der Waals surface area contributed by atoms with Crippen LogP contribution in [-0.2, 0) is 17.7 Å². The average molecular weight is 212 g/mol. The first-order chi connectivity index (χ1) is 7.03.